The number of benzene rings is 1. The van der Waals surface area contributed by atoms with Gasteiger partial charge in [-0.05, 0) is 19.1 Å². The molecule has 0 aliphatic carbocycles. The maximum Gasteiger partial charge on any atom is 0.355 e. The van der Waals surface area contributed by atoms with E-state index in [0.29, 0.717) is 11.7 Å². The van der Waals surface area contributed by atoms with Gasteiger partial charge in [0.1, 0.15) is 16.5 Å². The van der Waals surface area contributed by atoms with E-state index in [4.69, 9.17) is 16.3 Å². The lowest BCUT2D eigenvalue weighted by Gasteiger charge is -1.98. The van der Waals surface area contributed by atoms with Crippen LogP contribution in [0.4, 0.5) is 4.39 Å². The Labute approximate surface area is 107 Å². The van der Waals surface area contributed by atoms with Crippen molar-refractivity contribution in [1.29, 1.82) is 0 Å². The van der Waals surface area contributed by atoms with Gasteiger partial charge >= 0.3 is 5.97 Å². The van der Waals surface area contributed by atoms with Crippen molar-refractivity contribution in [2.45, 2.75) is 6.92 Å². The van der Waals surface area contributed by atoms with Gasteiger partial charge in [0.15, 0.2) is 6.29 Å². The Kier molecular flexibility index (Phi) is 3.34. The highest BCUT2D eigenvalue weighted by atomic mass is 35.5. The molecule has 0 saturated heterocycles. The number of carbonyl (C=O) groups is 2. The molecule has 1 heterocycles. The molecule has 0 spiro atoms. The lowest BCUT2D eigenvalue weighted by Crippen LogP contribution is -2.07. The second-order valence-corrected chi connectivity index (χ2v) is 3.91. The van der Waals surface area contributed by atoms with Crippen LogP contribution in [0.2, 0.25) is 5.02 Å². The first-order valence-corrected chi connectivity index (χ1v) is 5.60. The fourth-order valence-corrected chi connectivity index (χ4v) is 1.92. The normalized spacial score (nSPS) is 10.6. The van der Waals surface area contributed by atoms with Crippen LogP contribution in [0.25, 0.3) is 10.9 Å². The molecular weight excluding hydrogens is 261 g/mol. The number of halogens is 2. The number of esters is 1. The first-order valence-electron chi connectivity index (χ1n) is 5.22. The molecule has 0 amide bonds. The third kappa shape index (κ3) is 1.86. The zero-order valence-electron chi connectivity index (χ0n) is 9.42. The minimum absolute atomic E-state index is 0.0191. The maximum atomic E-state index is 13.3. The van der Waals surface area contributed by atoms with E-state index in [-0.39, 0.29) is 28.4 Å². The monoisotopic (exact) mass is 269 g/mol. The van der Waals surface area contributed by atoms with Crippen LogP contribution >= 0.6 is 11.6 Å². The Morgan fingerprint density at radius 1 is 1.56 bits per heavy atom. The van der Waals surface area contributed by atoms with E-state index in [0.717, 1.165) is 6.07 Å². The van der Waals surface area contributed by atoms with Gasteiger partial charge in [-0.3, -0.25) is 4.79 Å². The Morgan fingerprint density at radius 2 is 2.28 bits per heavy atom. The van der Waals surface area contributed by atoms with Gasteiger partial charge in [0.05, 0.1) is 17.7 Å². The van der Waals surface area contributed by atoms with Crippen molar-refractivity contribution in [3.8, 4) is 0 Å². The summed E-state index contributed by atoms with van der Waals surface area (Å²) in [7, 11) is 0. The highest BCUT2D eigenvalue weighted by molar-refractivity contribution is 6.35. The third-order valence-corrected chi connectivity index (χ3v) is 2.87. The molecule has 0 bridgehead atoms. The maximum absolute atomic E-state index is 13.3. The fourth-order valence-electron chi connectivity index (χ4n) is 1.71. The molecule has 1 N–H and O–H groups in total. The number of rotatable bonds is 3. The van der Waals surface area contributed by atoms with Crippen LogP contribution in [0.1, 0.15) is 27.8 Å². The summed E-state index contributed by atoms with van der Waals surface area (Å²) in [5.74, 6) is -1.30. The highest BCUT2D eigenvalue weighted by Gasteiger charge is 2.20. The average Bonchev–Trinajstić information content (AvgIpc) is 2.73. The summed E-state index contributed by atoms with van der Waals surface area (Å²) in [6, 6.07) is 2.53. The van der Waals surface area contributed by atoms with E-state index in [1.807, 2.05) is 0 Å². The summed E-state index contributed by atoms with van der Waals surface area (Å²) in [5, 5.41) is 0.227. The summed E-state index contributed by atoms with van der Waals surface area (Å²) < 4.78 is 18.1. The summed E-state index contributed by atoms with van der Waals surface area (Å²) in [4.78, 5) is 25.3. The number of aromatic amines is 1. The Morgan fingerprint density at radius 3 is 2.89 bits per heavy atom. The largest absolute Gasteiger partial charge is 0.461 e. The quantitative estimate of drug-likeness (QED) is 0.688. The molecule has 0 atom stereocenters. The van der Waals surface area contributed by atoms with Crippen molar-refractivity contribution in [2.24, 2.45) is 0 Å². The third-order valence-electron chi connectivity index (χ3n) is 2.50. The van der Waals surface area contributed by atoms with E-state index in [2.05, 4.69) is 4.98 Å². The van der Waals surface area contributed by atoms with E-state index in [9.17, 15) is 14.0 Å². The van der Waals surface area contributed by atoms with Crippen LogP contribution in [-0.4, -0.2) is 23.8 Å². The van der Waals surface area contributed by atoms with E-state index in [1.54, 1.807) is 6.92 Å². The van der Waals surface area contributed by atoms with Crippen LogP contribution in [0.5, 0.6) is 0 Å². The minimum Gasteiger partial charge on any atom is -0.461 e. The van der Waals surface area contributed by atoms with Crippen molar-refractivity contribution in [2.75, 3.05) is 6.61 Å². The van der Waals surface area contributed by atoms with Gasteiger partial charge in [-0.2, -0.15) is 0 Å². The summed E-state index contributed by atoms with van der Waals surface area (Å²) in [5.41, 5.74) is 0.307. The number of fused-ring (bicyclic) bond motifs is 1. The van der Waals surface area contributed by atoms with Crippen molar-refractivity contribution >= 4 is 34.8 Å². The molecule has 18 heavy (non-hydrogen) atoms. The fraction of sp³-hybridized carbons (Fsp3) is 0.167. The molecule has 4 nitrogen and oxygen atoms in total. The van der Waals surface area contributed by atoms with Gasteiger partial charge in [0.25, 0.3) is 0 Å². The molecule has 94 valence electrons. The number of aldehydes is 1. The van der Waals surface area contributed by atoms with Gasteiger partial charge in [-0.1, -0.05) is 11.6 Å². The smallest absolute Gasteiger partial charge is 0.355 e. The van der Waals surface area contributed by atoms with E-state index < -0.39 is 11.8 Å². The SMILES string of the molecule is CCOC(=O)c1[nH]c2c(Cl)c(F)ccc2c1C=O. The number of hydrogen-bond acceptors (Lipinski definition) is 3. The predicted octanol–water partition coefficient (Wildman–Crippen LogP) is 2.95. The van der Waals surface area contributed by atoms with Crippen LogP contribution in [0.3, 0.4) is 0 Å². The standard InChI is InChI=1S/C12H9ClFNO3/c1-2-18-12(17)11-7(5-16)6-3-4-8(14)9(13)10(6)15-11/h3-5,15H,2H2,1H3. The topological polar surface area (TPSA) is 59.2 Å². The van der Waals surface area contributed by atoms with Crippen LogP contribution in [0, 0.1) is 5.82 Å². The van der Waals surface area contributed by atoms with Crippen LogP contribution in [-0.2, 0) is 4.74 Å². The molecule has 0 fully saturated rings. The first-order chi connectivity index (χ1) is 8.60. The molecule has 2 rings (SSSR count). The Hall–Kier alpha value is -1.88. The van der Waals surface area contributed by atoms with Gasteiger partial charge in [0.2, 0.25) is 0 Å². The predicted molar refractivity (Wildman–Crippen MR) is 64.6 cm³/mol. The van der Waals surface area contributed by atoms with Gasteiger partial charge in [0, 0.05) is 5.39 Å². The van der Waals surface area contributed by atoms with Gasteiger partial charge < -0.3 is 9.72 Å². The molecule has 0 unspecified atom stereocenters. The summed E-state index contributed by atoms with van der Waals surface area (Å²) in [6.07, 6.45) is 0.513. The molecule has 0 aliphatic rings. The van der Waals surface area contributed by atoms with Gasteiger partial charge in [-0.15, -0.1) is 0 Å². The molecular formula is C12H9ClFNO3. The summed E-state index contributed by atoms with van der Waals surface area (Å²) >= 11 is 5.78. The minimum atomic E-state index is -0.674. The number of carbonyl (C=O) groups excluding carboxylic acids is 2. The zero-order valence-corrected chi connectivity index (χ0v) is 10.2. The second kappa shape index (κ2) is 4.78. The lowest BCUT2D eigenvalue weighted by atomic mass is 10.1. The van der Waals surface area contributed by atoms with Crippen molar-refractivity contribution in [3.63, 3.8) is 0 Å². The van der Waals surface area contributed by atoms with Crippen LogP contribution < -0.4 is 0 Å². The van der Waals surface area contributed by atoms with Crippen molar-refractivity contribution in [1.82, 2.24) is 4.98 Å². The molecule has 1 aromatic carbocycles. The highest BCUT2D eigenvalue weighted by Crippen LogP contribution is 2.29. The number of aromatic nitrogens is 1. The van der Waals surface area contributed by atoms with Gasteiger partial charge in [-0.25, -0.2) is 9.18 Å². The number of hydrogen-bond donors (Lipinski definition) is 1. The lowest BCUT2D eigenvalue weighted by molar-refractivity contribution is 0.0518. The Balaban J connectivity index is 2.72. The molecule has 2 aromatic rings. The average molecular weight is 270 g/mol. The number of H-pyrrole nitrogens is 1. The molecule has 0 aliphatic heterocycles. The molecule has 1 aromatic heterocycles. The van der Waals surface area contributed by atoms with Crippen LogP contribution in [0.15, 0.2) is 12.1 Å². The second-order valence-electron chi connectivity index (χ2n) is 3.54. The Bertz CT molecular complexity index is 636. The zero-order chi connectivity index (χ0) is 13.3. The molecule has 0 saturated carbocycles. The number of nitrogens with one attached hydrogen (secondary N) is 1. The van der Waals surface area contributed by atoms with E-state index >= 15 is 0 Å². The molecule has 6 heteroatoms. The van der Waals surface area contributed by atoms with Crippen molar-refractivity contribution < 1.29 is 18.7 Å². The van der Waals surface area contributed by atoms with Crippen molar-refractivity contribution in [3.05, 3.63) is 34.2 Å². The summed E-state index contributed by atoms with van der Waals surface area (Å²) in [6.45, 7) is 1.82. The van der Waals surface area contributed by atoms with E-state index in [1.165, 1.54) is 6.07 Å². The molecule has 0 radical (unpaired) electrons. The first kappa shape index (κ1) is 12.6. The number of ether oxygens (including phenoxy) is 1.